The minimum atomic E-state index is -0.220. The Kier molecular flexibility index (Phi) is 4.36. The highest BCUT2D eigenvalue weighted by Gasteiger charge is 2.24. The van der Waals surface area contributed by atoms with Gasteiger partial charge in [0, 0.05) is 18.4 Å². The molecule has 1 aliphatic heterocycles. The van der Waals surface area contributed by atoms with Crippen LogP contribution in [0.1, 0.15) is 34.5 Å². The van der Waals surface area contributed by atoms with E-state index in [0.717, 1.165) is 28.6 Å². The van der Waals surface area contributed by atoms with Crippen LogP contribution in [-0.2, 0) is 4.79 Å². The summed E-state index contributed by atoms with van der Waals surface area (Å²) in [6.07, 6.45) is 1.39. The smallest absolute Gasteiger partial charge is 0.257 e. The van der Waals surface area contributed by atoms with Gasteiger partial charge in [-0.25, -0.2) is 0 Å². The molecule has 1 N–H and O–H groups in total. The summed E-state index contributed by atoms with van der Waals surface area (Å²) in [5, 5.41) is 3.91. The van der Waals surface area contributed by atoms with Crippen LogP contribution in [-0.4, -0.2) is 23.3 Å². The first-order valence-electron chi connectivity index (χ1n) is 9.12. The Morgan fingerprint density at radius 1 is 1.11 bits per heavy atom. The lowest BCUT2D eigenvalue weighted by Gasteiger charge is -2.20. The van der Waals surface area contributed by atoms with Crippen LogP contribution in [0.5, 0.6) is 0 Å². The first-order valence-corrected chi connectivity index (χ1v) is 9.12. The topological polar surface area (TPSA) is 62.3 Å². The number of hydrogen-bond donors (Lipinski definition) is 1. The van der Waals surface area contributed by atoms with E-state index in [2.05, 4.69) is 10.3 Å². The van der Waals surface area contributed by atoms with Crippen molar-refractivity contribution in [1.82, 2.24) is 4.98 Å². The highest BCUT2D eigenvalue weighted by atomic mass is 16.2. The molecule has 1 saturated heterocycles. The SMILES string of the molecule is Cc1ccc2nc(C)c(C(=O)Nc3ccccc3N3CCCC3=O)cc2c1. The van der Waals surface area contributed by atoms with E-state index in [4.69, 9.17) is 0 Å². The highest BCUT2D eigenvalue weighted by Crippen LogP contribution is 2.30. The summed E-state index contributed by atoms with van der Waals surface area (Å²) in [6.45, 7) is 4.54. The largest absolute Gasteiger partial charge is 0.320 e. The van der Waals surface area contributed by atoms with Gasteiger partial charge in [-0.2, -0.15) is 0 Å². The summed E-state index contributed by atoms with van der Waals surface area (Å²) in [5.41, 5.74) is 4.60. The third-order valence-corrected chi connectivity index (χ3v) is 4.92. The zero-order valence-corrected chi connectivity index (χ0v) is 15.5. The van der Waals surface area contributed by atoms with E-state index >= 15 is 0 Å². The number of nitrogens with zero attached hydrogens (tertiary/aromatic N) is 2. The van der Waals surface area contributed by atoms with Crippen LogP contribution in [0.25, 0.3) is 10.9 Å². The van der Waals surface area contributed by atoms with E-state index in [0.29, 0.717) is 29.9 Å². The number of aromatic nitrogens is 1. The molecule has 5 nitrogen and oxygen atoms in total. The number of para-hydroxylation sites is 2. The van der Waals surface area contributed by atoms with Crippen molar-refractivity contribution in [3.05, 3.63) is 65.4 Å². The predicted octanol–water partition coefficient (Wildman–Crippen LogP) is 4.23. The molecule has 4 rings (SSSR count). The Balaban J connectivity index is 1.68. The molecule has 2 heterocycles. The number of pyridine rings is 1. The minimum Gasteiger partial charge on any atom is -0.320 e. The number of aryl methyl sites for hydroxylation is 2. The third kappa shape index (κ3) is 3.28. The molecule has 0 atom stereocenters. The van der Waals surface area contributed by atoms with Crippen molar-refractivity contribution in [3.8, 4) is 0 Å². The van der Waals surface area contributed by atoms with Crippen molar-refractivity contribution in [2.45, 2.75) is 26.7 Å². The molecule has 2 aromatic carbocycles. The zero-order chi connectivity index (χ0) is 19.0. The van der Waals surface area contributed by atoms with Gasteiger partial charge < -0.3 is 10.2 Å². The van der Waals surface area contributed by atoms with E-state index in [1.54, 1.807) is 4.90 Å². The summed E-state index contributed by atoms with van der Waals surface area (Å²) in [6, 6.07) is 15.3. The number of fused-ring (bicyclic) bond motifs is 1. The maximum absolute atomic E-state index is 13.0. The van der Waals surface area contributed by atoms with Crippen LogP contribution in [0.3, 0.4) is 0 Å². The number of hydrogen-bond acceptors (Lipinski definition) is 3. The summed E-state index contributed by atoms with van der Waals surface area (Å²) in [7, 11) is 0. The van der Waals surface area contributed by atoms with Gasteiger partial charge in [-0.05, 0) is 50.6 Å². The second-order valence-electron chi connectivity index (χ2n) is 6.94. The van der Waals surface area contributed by atoms with Crippen LogP contribution in [0.15, 0.2) is 48.5 Å². The molecule has 1 aliphatic rings. The molecule has 5 heteroatoms. The van der Waals surface area contributed by atoms with Gasteiger partial charge in [-0.3, -0.25) is 14.6 Å². The van der Waals surface area contributed by atoms with Crippen molar-refractivity contribution < 1.29 is 9.59 Å². The number of anilines is 2. The number of rotatable bonds is 3. The van der Waals surface area contributed by atoms with Gasteiger partial charge in [0.05, 0.1) is 28.1 Å². The van der Waals surface area contributed by atoms with E-state index < -0.39 is 0 Å². The number of carbonyl (C=O) groups is 2. The molecule has 0 unspecified atom stereocenters. The average Bonchev–Trinajstić information content (AvgIpc) is 3.07. The molecule has 0 bridgehead atoms. The Morgan fingerprint density at radius 2 is 1.93 bits per heavy atom. The summed E-state index contributed by atoms with van der Waals surface area (Å²) in [4.78, 5) is 31.4. The van der Waals surface area contributed by atoms with Gasteiger partial charge in [-0.1, -0.05) is 23.8 Å². The Labute approximate surface area is 158 Å². The van der Waals surface area contributed by atoms with Crippen LogP contribution in [0.4, 0.5) is 11.4 Å². The van der Waals surface area contributed by atoms with Gasteiger partial charge in [0.2, 0.25) is 5.91 Å². The van der Waals surface area contributed by atoms with Gasteiger partial charge >= 0.3 is 0 Å². The van der Waals surface area contributed by atoms with Gasteiger partial charge in [0.25, 0.3) is 5.91 Å². The molecular formula is C22H21N3O2. The number of amides is 2. The first-order chi connectivity index (χ1) is 13.0. The Hall–Kier alpha value is -3.21. The molecule has 27 heavy (non-hydrogen) atoms. The van der Waals surface area contributed by atoms with Crippen molar-refractivity contribution in [2.24, 2.45) is 0 Å². The lowest BCUT2D eigenvalue weighted by atomic mass is 10.1. The summed E-state index contributed by atoms with van der Waals surface area (Å²) < 4.78 is 0. The molecule has 0 aliphatic carbocycles. The van der Waals surface area contributed by atoms with E-state index in [1.165, 1.54) is 0 Å². The van der Waals surface area contributed by atoms with Gasteiger partial charge in [0.1, 0.15) is 0 Å². The fraction of sp³-hybridized carbons (Fsp3) is 0.227. The first kappa shape index (κ1) is 17.2. The lowest BCUT2D eigenvalue weighted by Crippen LogP contribution is -2.25. The van der Waals surface area contributed by atoms with Crippen LogP contribution < -0.4 is 10.2 Å². The average molecular weight is 359 g/mol. The molecule has 2 amide bonds. The number of benzene rings is 2. The lowest BCUT2D eigenvalue weighted by molar-refractivity contribution is -0.117. The number of carbonyl (C=O) groups excluding carboxylic acids is 2. The highest BCUT2D eigenvalue weighted by molar-refractivity contribution is 6.09. The predicted molar refractivity (Wildman–Crippen MR) is 107 cm³/mol. The maximum Gasteiger partial charge on any atom is 0.257 e. The van der Waals surface area contributed by atoms with Crippen LogP contribution in [0, 0.1) is 13.8 Å². The molecular weight excluding hydrogens is 338 g/mol. The quantitative estimate of drug-likeness (QED) is 0.761. The third-order valence-electron chi connectivity index (χ3n) is 4.92. The van der Waals surface area contributed by atoms with Gasteiger partial charge in [0.15, 0.2) is 0 Å². The van der Waals surface area contributed by atoms with Crippen LogP contribution in [0.2, 0.25) is 0 Å². The Bertz CT molecular complexity index is 1060. The monoisotopic (exact) mass is 359 g/mol. The molecule has 0 spiro atoms. The molecule has 0 radical (unpaired) electrons. The Morgan fingerprint density at radius 3 is 2.70 bits per heavy atom. The standard InChI is InChI=1S/C22H21N3O2/c1-14-9-10-18-16(12-14)13-17(15(2)23-18)22(27)24-19-6-3-4-7-20(19)25-11-5-8-21(25)26/h3-4,6-7,9-10,12-13H,5,8,11H2,1-2H3,(H,24,27). The fourth-order valence-corrected chi connectivity index (χ4v) is 3.53. The second-order valence-corrected chi connectivity index (χ2v) is 6.94. The second kappa shape index (κ2) is 6.83. The summed E-state index contributed by atoms with van der Waals surface area (Å²) >= 11 is 0. The van der Waals surface area contributed by atoms with E-state index in [1.807, 2.05) is 62.4 Å². The van der Waals surface area contributed by atoms with Crippen molar-refractivity contribution in [2.75, 3.05) is 16.8 Å². The normalized spacial score (nSPS) is 14.0. The molecule has 136 valence electrons. The maximum atomic E-state index is 13.0. The fourth-order valence-electron chi connectivity index (χ4n) is 3.53. The minimum absolute atomic E-state index is 0.0933. The molecule has 1 fully saturated rings. The molecule has 0 saturated carbocycles. The molecule has 3 aromatic rings. The number of nitrogens with one attached hydrogen (secondary N) is 1. The van der Waals surface area contributed by atoms with E-state index in [9.17, 15) is 9.59 Å². The van der Waals surface area contributed by atoms with E-state index in [-0.39, 0.29) is 11.8 Å². The van der Waals surface area contributed by atoms with Crippen molar-refractivity contribution >= 4 is 34.1 Å². The van der Waals surface area contributed by atoms with Crippen molar-refractivity contribution in [1.29, 1.82) is 0 Å². The van der Waals surface area contributed by atoms with Gasteiger partial charge in [-0.15, -0.1) is 0 Å². The zero-order valence-electron chi connectivity index (χ0n) is 15.5. The van der Waals surface area contributed by atoms with Crippen LogP contribution >= 0.6 is 0 Å². The summed E-state index contributed by atoms with van der Waals surface area (Å²) in [5.74, 6) is -0.127. The molecule has 1 aromatic heterocycles. The van der Waals surface area contributed by atoms with Crippen molar-refractivity contribution in [3.63, 3.8) is 0 Å².